The summed E-state index contributed by atoms with van der Waals surface area (Å²) in [7, 11) is 0. The summed E-state index contributed by atoms with van der Waals surface area (Å²) < 4.78 is 2.23. The summed E-state index contributed by atoms with van der Waals surface area (Å²) in [5.74, 6) is 0. The third-order valence-electron chi connectivity index (χ3n) is 2.99. The Balaban J connectivity index is 1.84. The van der Waals surface area contributed by atoms with Crippen molar-refractivity contribution in [2.75, 3.05) is 0 Å². The van der Waals surface area contributed by atoms with Crippen LogP contribution in [-0.2, 0) is 19.5 Å². The highest BCUT2D eigenvalue weighted by atomic mass is 15.0. The van der Waals surface area contributed by atoms with Crippen LogP contribution in [0.1, 0.15) is 32.0 Å². The standard InChI is InChI=1S/C16H23N3/c1-16(2,3)18-12-14-7-10-19(13-14)11-8-15-6-4-5-9-17-15/h4-7,9-10,13,18H,8,11-12H2,1-3H3. The highest BCUT2D eigenvalue weighted by molar-refractivity contribution is 5.11. The first kappa shape index (κ1) is 13.8. The van der Waals surface area contributed by atoms with E-state index in [1.165, 1.54) is 5.56 Å². The zero-order valence-corrected chi connectivity index (χ0v) is 12.1. The number of rotatable bonds is 5. The van der Waals surface area contributed by atoms with Crippen LogP contribution in [0.5, 0.6) is 0 Å². The summed E-state index contributed by atoms with van der Waals surface area (Å²) in [5, 5.41) is 3.50. The van der Waals surface area contributed by atoms with Crippen molar-refractivity contribution >= 4 is 0 Å². The van der Waals surface area contributed by atoms with Crippen molar-refractivity contribution in [1.82, 2.24) is 14.9 Å². The van der Waals surface area contributed by atoms with Gasteiger partial charge in [0.15, 0.2) is 0 Å². The molecule has 2 aromatic heterocycles. The molecule has 0 unspecified atom stereocenters. The predicted octanol–water partition coefficient (Wildman–Crippen LogP) is 3.01. The van der Waals surface area contributed by atoms with Gasteiger partial charge in [-0.25, -0.2) is 0 Å². The first-order valence-electron chi connectivity index (χ1n) is 6.82. The summed E-state index contributed by atoms with van der Waals surface area (Å²) in [4.78, 5) is 4.34. The minimum Gasteiger partial charge on any atom is -0.354 e. The number of hydrogen-bond donors (Lipinski definition) is 1. The molecule has 0 bridgehead atoms. The maximum Gasteiger partial charge on any atom is 0.0421 e. The highest BCUT2D eigenvalue weighted by Crippen LogP contribution is 2.06. The molecule has 2 aromatic rings. The second-order valence-corrected chi connectivity index (χ2v) is 5.93. The van der Waals surface area contributed by atoms with Gasteiger partial charge in [0.05, 0.1) is 0 Å². The van der Waals surface area contributed by atoms with Gasteiger partial charge in [-0.05, 0) is 44.5 Å². The van der Waals surface area contributed by atoms with Crippen LogP contribution in [-0.4, -0.2) is 15.1 Å². The quantitative estimate of drug-likeness (QED) is 0.892. The number of hydrogen-bond acceptors (Lipinski definition) is 2. The van der Waals surface area contributed by atoms with Crippen molar-refractivity contribution < 1.29 is 0 Å². The normalized spacial score (nSPS) is 11.7. The molecule has 0 aliphatic carbocycles. The molecule has 0 fully saturated rings. The van der Waals surface area contributed by atoms with Crippen molar-refractivity contribution in [2.45, 2.75) is 45.8 Å². The van der Waals surface area contributed by atoms with Crippen molar-refractivity contribution in [3.63, 3.8) is 0 Å². The van der Waals surface area contributed by atoms with E-state index in [4.69, 9.17) is 0 Å². The van der Waals surface area contributed by atoms with Crippen LogP contribution in [0.15, 0.2) is 42.9 Å². The number of nitrogens with zero attached hydrogens (tertiary/aromatic N) is 2. The lowest BCUT2D eigenvalue weighted by molar-refractivity contribution is 0.424. The molecular weight excluding hydrogens is 234 g/mol. The van der Waals surface area contributed by atoms with E-state index in [0.29, 0.717) is 0 Å². The van der Waals surface area contributed by atoms with Crippen LogP contribution in [0.4, 0.5) is 0 Å². The van der Waals surface area contributed by atoms with Crippen LogP contribution in [0.2, 0.25) is 0 Å². The van der Waals surface area contributed by atoms with Crippen LogP contribution < -0.4 is 5.32 Å². The third-order valence-corrected chi connectivity index (χ3v) is 2.99. The van der Waals surface area contributed by atoms with Gasteiger partial charge < -0.3 is 9.88 Å². The molecule has 0 aliphatic rings. The minimum atomic E-state index is 0.163. The summed E-state index contributed by atoms with van der Waals surface area (Å²) in [6.45, 7) is 8.45. The smallest absolute Gasteiger partial charge is 0.0421 e. The molecule has 0 aliphatic heterocycles. The third kappa shape index (κ3) is 4.87. The molecule has 0 saturated heterocycles. The van der Waals surface area contributed by atoms with Gasteiger partial charge >= 0.3 is 0 Å². The molecule has 3 nitrogen and oxygen atoms in total. The number of aryl methyl sites for hydroxylation is 2. The number of pyridine rings is 1. The predicted molar refractivity (Wildman–Crippen MR) is 79.0 cm³/mol. The van der Waals surface area contributed by atoms with Gasteiger partial charge in [-0.2, -0.15) is 0 Å². The van der Waals surface area contributed by atoms with Gasteiger partial charge in [-0.3, -0.25) is 4.98 Å². The Kier molecular flexibility index (Phi) is 4.38. The Morgan fingerprint density at radius 2 is 2.05 bits per heavy atom. The van der Waals surface area contributed by atoms with E-state index in [9.17, 15) is 0 Å². The van der Waals surface area contributed by atoms with E-state index in [1.54, 1.807) is 0 Å². The van der Waals surface area contributed by atoms with Crippen molar-refractivity contribution in [3.8, 4) is 0 Å². The van der Waals surface area contributed by atoms with Gasteiger partial charge in [0.1, 0.15) is 0 Å². The summed E-state index contributed by atoms with van der Waals surface area (Å²) in [6, 6.07) is 8.24. The average molecular weight is 257 g/mol. The van der Waals surface area contributed by atoms with Crippen LogP contribution in [0.3, 0.4) is 0 Å². The van der Waals surface area contributed by atoms with E-state index in [2.05, 4.69) is 60.2 Å². The molecule has 102 valence electrons. The van der Waals surface area contributed by atoms with Gasteiger partial charge in [0.25, 0.3) is 0 Å². The maximum atomic E-state index is 4.34. The van der Waals surface area contributed by atoms with Crippen molar-refractivity contribution in [3.05, 3.63) is 54.1 Å². The zero-order valence-electron chi connectivity index (χ0n) is 12.1. The maximum absolute atomic E-state index is 4.34. The Bertz CT molecular complexity index is 494. The second kappa shape index (κ2) is 6.02. The first-order chi connectivity index (χ1) is 9.03. The van der Waals surface area contributed by atoms with E-state index in [0.717, 1.165) is 25.2 Å². The van der Waals surface area contributed by atoms with E-state index < -0.39 is 0 Å². The van der Waals surface area contributed by atoms with Crippen molar-refractivity contribution in [2.24, 2.45) is 0 Å². The Labute approximate surface area is 115 Å². The molecule has 0 amide bonds. The summed E-state index contributed by atoms with van der Waals surface area (Å²) in [6.07, 6.45) is 7.18. The Morgan fingerprint density at radius 1 is 1.21 bits per heavy atom. The summed E-state index contributed by atoms with van der Waals surface area (Å²) in [5.41, 5.74) is 2.64. The van der Waals surface area contributed by atoms with Gasteiger partial charge in [0.2, 0.25) is 0 Å². The molecular formula is C16H23N3. The van der Waals surface area contributed by atoms with E-state index in [-0.39, 0.29) is 5.54 Å². The van der Waals surface area contributed by atoms with Crippen LogP contribution >= 0.6 is 0 Å². The molecule has 0 atom stereocenters. The average Bonchev–Trinajstić information content (AvgIpc) is 2.82. The van der Waals surface area contributed by atoms with Gasteiger partial charge in [-0.15, -0.1) is 0 Å². The zero-order chi connectivity index (χ0) is 13.7. The lowest BCUT2D eigenvalue weighted by Gasteiger charge is -2.19. The fraction of sp³-hybridized carbons (Fsp3) is 0.438. The molecule has 0 aromatic carbocycles. The van der Waals surface area contributed by atoms with E-state index in [1.807, 2.05) is 18.3 Å². The monoisotopic (exact) mass is 257 g/mol. The number of nitrogens with one attached hydrogen (secondary N) is 1. The Morgan fingerprint density at radius 3 is 2.74 bits per heavy atom. The van der Waals surface area contributed by atoms with Crippen LogP contribution in [0, 0.1) is 0 Å². The lowest BCUT2D eigenvalue weighted by Crippen LogP contribution is -2.34. The second-order valence-electron chi connectivity index (χ2n) is 5.93. The molecule has 2 heterocycles. The Hall–Kier alpha value is -1.61. The highest BCUT2D eigenvalue weighted by Gasteiger charge is 2.08. The molecule has 1 N–H and O–H groups in total. The minimum absolute atomic E-state index is 0.163. The first-order valence-corrected chi connectivity index (χ1v) is 6.82. The van der Waals surface area contributed by atoms with Gasteiger partial charge in [0, 0.05) is 49.3 Å². The van der Waals surface area contributed by atoms with Gasteiger partial charge in [-0.1, -0.05) is 6.07 Å². The molecule has 0 radical (unpaired) electrons. The molecule has 2 rings (SSSR count). The fourth-order valence-corrected chi connectivity index (χ4v) is 1.89. The molecule has 19 heavy (non-hydrogen) atoms. The summed E-state index contributed by atoms with van der Waals surface area (Å²) >= 11 is 0. The molecule has 0 spiro atoms. The lowest BCUT2D eigenvalue weighted by atomic mass is 10.1. The largest absolute Gasteiger partial charge is 0.354 e. The molecule has 3 heteroatoms. The van der Waals surface area contributed by atoms with E-state index >= 15 is 0 Å². The number of aromatic nitrogens is 2. The fourth-order valence-electron chi connectivity index (χ4n) is 1.89. The van der Waals surface area contributed by atoms with Crippen LogP contribution in [0.25, 0.3) is 0 Å². The SMILES string of the molecule is CC(C)(C)NCc1ccn(CCc2ccccn2)c1. The van der Waals surface area contributed by atoms with Crippen molar-refractivity contribution in [1.29, 1.82) is 0 Å². The topological polar surface area (TPSA) is 29.9 Å². The molecule has 0 saturated carbocycles.